The van der Waals surface area contributed by atoms with E-state index >= 15 is 0 Å². The molecular formula is C11H24N2O. The minimum absolute atomic E-state index is 0.110. The van der Waals surface area contributed by atoms with Crippen molar-refractivity contribution in [1.82, 2.24) is 4.90 Å². The van der Waals surface area contributed by atoms with Crippen LogP contribution in [0.5, 0.6) is 0 Å². The average Bonchev–Trinajstić information content (AvgIpc) is 2.66. The normalized spacial score (nSPS) is 23.4. The van der Waals surface area contributed by atoms with E-state index in [0.29, 0.717) is 12.6 Å². The quantitative estimate of drug-likeness (QED) is 0.725. The van der Waals surface area contributed by atoms with E-state index in [4.69, 9.17) is 10.5 Å². The van der Waals surface area contributed by atoms with Crippen molar-refractivity contribution in [2.24, 2.45) is 5.73 Å². The third kappa shape index (κ3) is 3.23. The van der Waals surface area contributed by atoms with Crippen molar-refractivity contribution in [3.63, 3.8) is 0 Å². The molecule has 0 amide bonds. The Morgan fingerprint density at radius 2 is 2.21 bits per heavy atom. The minimum atomic E-state index is 0.110. The van der Waals surface area contributed by atoms with Gasteiger partial charge in [0.1, 0.15) is 0 Å². The molecule has 3 heteroatoms. The molecule has 1 atom stereocenters. The summed E-state index contributed by atoms with van der Waals surface area (Å²) in [6, 6.07) is 0. The summed E-state index contributed by atoms with van der Waals surface area (Å²) >= 11 is 0. The molecule has 84 valence electrons. The van der Waals surface area contributed by atoms with Gasteiger partial charge in [0.2, 0.25) is 0 Å². The van der Waals surface area contributed by atoms with Crippen LogP contribution in [0.1, 0.15) is 33.1 Å². The Labute approximate surface area is 87.6 Å². The Balaban J connectivity index is 2.22. The lowest BCUT2D eigenvalue weighted by molar-refractivity contribution is 0.0790. The van der Waals surface area contributed by atoms with Gasteiger partial charge in [0.05, 0.1) is 6.10 Å². The predicted octanol–water partition coefficient (Wildman–Crippen LogP) is 1.22. The van der Waals surface area contributed by atoms with Crippen molar-refractivity contribution in [2.45, 2.75) is 44.8 Å². The number of likely N-dealkylation sites (N-methyl/N-ethyl adjacent to an activating group) is 1. The fourth-order valence-electron chi connectivity index (χ4n) is 1.67. The molecule has 0 aromatic rings. The standard InChI is InChI=1S/C11H24N2O/c1-11(2,9-12)13(3)7-6-10-5-4-8-14-10/h10H,4-9,12H2,1-3H3. The molecule has 0 radical (unpaired) electrons. The van der Waals surface area contributed by atoms with Crippen LogP contribution in [0.2, 0.25) is 0 Å². The van der Waals surface area contributed by atoms with Gasteiger partial charge in [0, 0.05) is 25.2 Å². The molecule has 1 fully saturated rings. The van der Waals surface area contributed by atoms with Gasteiger partial charge in [-0.15, -0.1) is 0 Å². The molecule has 1 aliphatic rings. The van der Waals surface area contributed by atoms with Gasteiger partial charge in [-0.05, 0) is 40.2 Å². The van der Waals surface area contributed by atoms with E-state index in [2.05, 4.69) is 25.8 Å². The lowest BCUT2D eigenvalue weighted by atomic mass is 10.0. The van der Waals surface area contributed by atoms with Crippen LogP contribution in [0.15, 0.2) is 0 Å². The van der Waals surface area contributed by atoms with E-state index < -0.39 is 0 Å². The first-order valence-corrected chi connectivity index (χ1v) is 5.59. The Morgan fingerprint density at radius 3 is 2.71 bits per heavy atom. The van der Waals surface area contributed by atoms with E-state index in [1.807, 2.05) is 0 Å². The molecule has 0 aromatic heterocycles. The van der Waals surface area contributed by atoms with E-state index in [-0.39, 0.29) is 5.54 Å². The highest BCUT2D eigenvalue weighted by atomic mass is 16.5. The van der Waals surface area contributed by atoms with E-state index in [1.54, 1.807) is 0 Å². The zero-order chi connectivity index (χ0) is 10.6. The smallest absolute Gasteiger partial charge is 0.0588 e. The number of hydrogen-bond donors (Lipinski definition) is 1. The number of nitrogens with two attached hydrogens (primary N) is 1. The van der Waals surface area contributed by atoms with Gasteiger partial charge in [-0.25, -0.2) is 0 Å². The molecule has 1 unspecified atom stereocenters. The number of nitrogens with zero attached hydrogens (tertiary/aromatic N) is 1. The van der Waals surface area contributed by atoms with Crippen molar-refractivity contribution in [2.75, 3.05) is 26.7 Å². The highest BCUT2D eigenvalue weighted by Gasteiger charge is 2.23. The van der Waals surface area contributed by atoms with Crippen LogP contribution < -0.4 is 5.73 Å². The van der Waals surface area contributed by atoms with Crippen molar-refractivity contribution >= 4 is 0 Å². The first-order valence-electron chi connectivity index (χ1n) is 5.59. The maximum Gasteiger partial charge on any atom is 0.0588 e. The van der Waals surface area contributed by atoms with Crippen molar-refractivity contribution in [3.05, 3.63) is 0 Å². The summed E-state index contributed by atoms with van der Waals surface area (Å²) in [5.41, 5.74) is 5.83. The number of rotatable bonds is 5. The molecule has 3 nitrogen and oxygen atoms in total. The van der Waals surface area contributed by atoms with Crippen LogP contribution in [0.25, 0.3) is 0 Å². The average molecular weight is 200 g/mol. The first-order chi connectivity index (χ1) is 6.56. The summed E-state index contributed by atoms with van der Waals surface area (Å²) in [6.07, 6.45) is 4.09. The largest absolute Gasteiger partial charge is 0.378 e. The van der Waals surface area contributed by atoms with Gasteiger partial charge in [0.15, 0.2) is 0 Å². The molecule has 0 bridgehead atoms. The topological polar surface area (TPSA) is 38.5 Å². The summed E-state index contributed by atoms with van der Waals surface area (Å²) in [5, 5.41) is 0. The predicted molar refractivity (Wildman–Crippen MR) is 59.4 cm³/mol. The zero-order valence-electron chi connectivity index (χ0n) is 9.75. The van der Waals surface area contributed by atoms with Gasteiger partial charge in [-0.1, -0.05) is 0 Å². The monoisotopic (exact) mass is 200 g/mol. The Morgan fingerprint density at radius 1 is 1.50 bits per heavy atom. The van der Waals surface area contributed by atoms with E-state index in [1.165, 1.54) is 12.8 Å². The van der Waals surface area contributed by atoms with Gasteiger partial charge < -0.3 is 10.5 Å². The van der Waals surface area contributed by atoms with Crippen LogP contribution in [0.4, 0.5) is 0 Å². The molecule has 2 N–H and O–H groups in total. The maximum absolute atomic E-state index is 5.72. The van der Waals surface area contributed by atoms with Gasteiger partial charge >= 0.3 is 0 Å². The molecule has 0 spiro atoms. The molecule has 1 rings (SSSR count). The fourth-order valence-corrected chi connectivity index (χ4v) is 1.67. The molecule has 0 aromatic carbocycles. The Kier molecular flexibility index (Phi) is 4.35. The van der Waals surface area contributed by atoms with Gasteiger partial charge in [0.25, 0.3) is 0 Å². The molecule has 14 heavy (non-hydrogen) atoms. The van der Waals surface area contributed by atoms with Crippen LogP contribution in [0.3, 0.4) is 0 Å². The second kappa shape index (κ2) is 5.10. The second-order valence-corrected chi connectivity index (χ2v) is 4.86. The third-order valence-corrected chi connectivity index (χ3v) is 3.34. The van der Waals surface area contributed by atoms with Crippen molar-refractivity contribution in [3.8, 4) is 0 Å². The maximum atomic E-state index is 5.72. The second-order valence-electron chi connectivity index (χ2n) is 4.86. The molecule has 1 heterocycles. The summed E-state index contributed by atoms with van der Waals surface area (Å²) in [7, 11) is 2.14. The number of ether oxygens (including phenoxy) is 1. The summed E-state index contributed by atoms with van der Waals surface area (Å²) in [4.78, 5) is 2.33. The van der Waals surface area contributed by atoms with Crippen molar-refractivity contribution in [1.29, 1.82) is 0 Å². The van der Waals surface area contributed by atoms with Crippen molar-refractivity contribution < 1.29 is 4.74 Å². The molecule has 1 aliphatic heterocycles. The van der Waals surface area contributed by atoms with E-state index in [9.17, 15) is 0 Å². The molecule has 0 saturated carbocycles. The lowest BCUT2D eigenvalue weighted by Crippen LogP contribution is -2.47. The molecule has 1 saturated heterocycles. The summed E-state index contributed by atoms with van der Waals surface area (Å²) in [6.45, 7) is 7.10. The van der Waals surface area contributed by atoms with Crippen LogP contribution >= 0.6 is 0 Å². The van der Waals surface area contributed by atoms with Crippen LogP contribution in [-0.2, 0) is 4.74 Å². The lowest BCUT2D eigenvalue weighted by Gasteiger charge is -2.35. The van der Waals surface area contributed by atoms with E-state index in [0.717, 1.165) is 19.6 Å². The first kappa shape index (κ1) is 12.0. The highest BCUT2D eigenvalue weighted by molar-refractivity contribution is 4.80. The SMILES string of the molecule is CN(CCC1CCCO1)C(C)(C)CN. The zero-order valence-corrected chi connectivity index (χ0v) is 9.75. The number of hydrogen-bond acceptors (Lipinski definition) is 3. The third-order valence-electron chi connectivity index (χ3n) is 3.34. The van der Waals surface area contributed by atoms with Crippen LogP contribution in [-0.4, -0.2) is 43.3 Å². The van der Waals surface area contributed by atoms with Crippen LogP contribution in [0, 0.1) is 0 Å². The van der Waals surface area contributed by atoms with Gasteiger partial charge in [-0.3, -0.25) is 4.90 Å². The fraction of sp³-hybridized carbons (Fsp3) is 1.00. The summed E-state index contributed by atoms with van der Waals surface area (Å²) in [5.74, 6) is 0. The molecule has 0 aliphatic carbocycles. The molecular weight excluding hydrogens is 176 g/mol. The minimum Gasteiger partial charge on any atom is -0.378 e. The highest BCUT2D eigenvalue weighted by Crippen LogP contribution is 2.17. The van der Waals surface area contributed by atoms with Gasteiger partial charge in [-0.2, -0.15) is 0 Å². The Bertz CT molecular complexity index is 165. The summed E-state index contributed by atoms with van der Waals surface area (Å²) < 4.78 is 5.59. The Hall–Kier alpha value is -0.120.